The molecule has 1 aromatic heterocycles. The number of nitrogens with one attached hydrogen (secondary N) is 1. The highest BCUT2D eigenvalue weighted by Gasteiger charge is 2.21. The first kappa shape index (κ1) is 20.1. The molecule has 0 bridgehead atoms. The molecular formula is C17H19NO6S2. The van der Waals surface area contributed by atoms with E-state index in [0.29, 0.717) is 5.56 Å². The smallest absolute Gasteiger partial charge is 0.305 e. The summed E-state index contributed by atoms with van der Waals surface area (Å²) in [6, 6.07) is 9.25. The van der Waals surface area contributed by atoms with E-state index in [-0.39, 0.29) is 23.7 Å². The van der Waals surface area contributed by atoms with Gasteiger partial charge in [0.25, 0.3) is 5.91 Å². The molecule has 7 nitrogen and oxygen atoms in total. The predicted octanol–water partition coefficient (Wildman–Crippen LogP) is 2.49. The molecule has 26 heavy (non-hydrogen) atoms. The first-order valence-corrected chi connectivity index (χ1v) is 10.9. The summed E-state index contributed by atoms with van der Waals surface area (Å²) in [5.74, 6) is -1.89. The second-order valence-electron chi connectivity index (χ2n) is 5.73. The number of benzene rings is 1. The molecule has 0 aliphatic rings. The Morgan fingerprint density at radius 3 is 2.38 bits per heavy atom. The maximum Gasteiger partial charge on any atom is 0.305 e. The highest BCUT2D eigenvalue weighted by molar-refractivity contribution is 7.98. The maximum atomic E-state index is 12.4. The van der Waals surface area contributed by atoms with Crippen molar-refractivity contribution in [3.8, 4) is 0 Å². The van der Waals surface area contributed by atoms with Gasteiger partial charge in [0.05, 0.1) is 12.5 Å². The second kappa shape index (κ2) is 8.41. The zero-order valence-corrected chi connectivity index (χ0v) is 15.9. The molecule has 0 radical (unpaired) electrons. The molecule has 1 amide bonds. The topological polar surface area (TPSA) is 114 Å². The van der Waals surface area contributed by atoms with Gasteiger partial charge >= 0.3 is 5.97 Å². The van der Waals surface area contributed by atoms with E-state index in [9.17, 15) is 18.0 Å². The van der Waals surface area contributed by atoms with Gasteiger partial charge in [0, 0.05) is 11.2 Å². The van der Waals surface area contributed by atoms with Crippen molar-refractivity contribution < 1.29 is 27.5 Å². The Morgan fingerprint density at radius 1 is 1.19 bits per heavy atom. The number of aliphatic carboxylic acids is 1. The third-order valence-corrected chi connectivity index (χ3v) is 5.04. The van der Waals surface area contributed by atoms with Crippen molar-refractivity contribution in [1.29, 1.82) is 0 Å². The van der Waals surface area contributed by atoms with Crippen LogP contribution in [0.1, 0.15) is 34.3 Å². The van der Waals surface area contributed by atoms with Crippen molar-refractivity contribution in [2.24, 2.45) is 0 Å². The molecule has 1 atom stereocenters. The number of rotatable bonds is 8. The summed E-state index contributed by atoms with van der Waals surface area (Å²) in [7, 11) is -3.28. The van der Waals surface area contributed by atoms with Gasteiger partial charge in [0.1, 0.15) is 11.5 Å². The van der Waals surface area contributed by atoms with E-state index >= 15 is 0 Å². The lowest BCUT2D eigenvalue weighted by Crippen LogP contribution is -2.30. The SMILES string of the molecule is CSc1ccc(C(CC(=O)O)NC(=O)c2ccc(CS(C)(=O)=O)o2)cc1. The van der Waals surface area contributed by atoms with Crippen LogP contribution >= 0.6 is 11.8 Å². The van der Waals surface area contributed by atoms with Crippen molar-refractivity contribution >= 4 is 33.5 Å². The molecule has 2 aromatic rings. The van der Waals surface area contributed by atoms with Crippen LogP contribution in [0.15, 0.2) is 45.7 Å². The third-order valence-electron chi connectivity index (χ3n) is 3.49. The molecule has 1 unspecified atom stereocenters. The van der Waals surface area contributed by atoms with Crippen molar-refractivity contribution in [3.63, 3.8) is 0 Å². The van der Waals surface area contributed by atoms with E-state index in [0.717, 1.165) is 11.2 Å². The van der Waals surface area contributed by atoms with Crippen LogP contribution in [0.5, 0.6) is 0 Å². The van der Waals surface area contributed by atoms with Gasteiger partial charge in [-0.05, 0) is 36.1 Å². The Hall–Kier alpha value is -2.26. The Balaban J connectivity index is 2.16. The molecular weight excluding hydrogens is 378 g/mol. The Morgan fingerprint density at radius 2 is 1.85 bits per heavy atom. The lowest BCUT2D eigenvalue weighted by Gasteiger charge is -2.17. The fourth-order valence-corrected chi connectivity index (χ4v) is 3.41. The van der Waals surface area contributed by atoms with Gasteiger partial charge in [-0.15, -0.1) is 11.8 Å². The average molecular weight is 397 g/mol. The summed E-state index contributed by atoms with van der Waals surface area (Å²) < 4.78 is 27.8. The summed E-state index contributed by atoms with van der Waals surface area (Å²) in [4.78, 5) is 24.5. The van der Waals surface area contributed by atoms with Gasteiger partial charge in [-0.2, -0.15) is 0 Å². The van der Waals surface area contributed by atoms with Gasteiger partial charge in [-0.3, -0.25) is 9.59 Å². The van der Waals surface area contributed by atoms with Crippen LogP contribution in [0.4, 0.5) is 0 Å². The zero-order valence-electron chi connectivity index (χ0n) is 14.3. The van der Waals surface area contributed by atoms with Crippen molar-refractivity contribution in [2.75, 3.05) is 12.5 Å². The van der Waals surface area contributed by atoms with Crippen LogP contribution in [0.25, 0.3) is 0 Å². The van der Waals surface area contributed by atoms with Gasteiger partial charge in [0.15, 0.2) is 15.6 Å². The molecule has 0 fully saturated rings. The maximum absolute atomic E-state index is 12.4. The summed E-state index contributed by atoms with van der Waals surface area (Å²) in [5, 5.41) is 11.7. The highest BCUT2D eigenvalue weighted by Crippen LogP contribution is 2.22. The number of hydrogen-bond donors (Lipinski definition) is 2. The minimum atomic E-state index is -3.28. The van der Waals surface area contributed by atoms with Crippen molar-refractivity contribution in [2.45, 2.75) is 23.1 Å². The van der Waals surface area contributed by atoms with Gasteiger partial charge < -0.3 is 14.8 Å². The average Bonchev–Trinajstić information content (AvgIpc) is 3.00. The quantitative estimate of drug-likeness (QED) is 0.658. The number of furan rings is 1. The molecule has 140 valence electrons. The normalized spacial score (nSPS) is 12.5. The lowest BCUT2D eigenvalue weighted by molar-refractivity contribution is -0.137. The molecule has 2 rings (SSSR count). The van der Waals surface area contributed by atoms with Crippen molar-refractivity contribution in [1.82, 2.24) is 5.32 Å². The summed E-state index contributed by atoms with van der Waals surface area (Å²) >= 11 is 1.55. The highest BCUT2D eigenvalue weighted by atomic mass is 32.2. The minimum absolute atomic E-state index is 0.0697. The number of thioether (sulfide) groups is 1. The van der Waals surface area contributed by atoms with Gasteiger partial charge in [0.2, 0.25) is 0 Å². The third kappa shape index (κ3) is 5.92. The summed E-state index contributed by atoms with van der Waals surface area (Å²) in [6.45, 7) is 0. The number of carbonyl (C=O) groups excluding carboxylic acids is 1. The van der Waals surface area contributed by atoms with Gasteiger partial charge in [-0.25, -0.2) is 8.42 Å². The number of carboxylic acid groups (broad SMARTS) is 1. The Kier molecular flexibility index (Phi) is 6.49. The van der Waals surface area contributed by atoms with Crippen LogP contribution in [0.3, 0.4) is 0 Å². The van der Waals surface area contributed by atoms with E-state index in [1.807, 2.05) is 18.4 Å². The Bertz CT molecular complexity index is 886. The van der Waals surface area contributed by atoms with Crippen LogP contribution in [-0.2, 0) is 20.4 Å². The fraction of sp³-hybridized carbons (Fsp3) is 0.294. The lowest BCUT2D eigenvalue weighted by atomic mass is 10.0. The van der Waals surface area contributed by atoms with E-state index < -0.39 is 27.8 Å². The van der Waals surface area contributed by atoms with Crippen molar-refractivity contribution in [3.05, 3.63) is 53.5 Å². The number of amides is 1. The molecule has 1 heterocycles. The fourth-order valence-electron chi connectivity index (χ4n) is 2.33. The molecule has 1 aromatic carbocycles. The first-order valence-electron chi connectivity index (χ1n) is 7.61. The van der Waals surface area contributed by atoms with Crippen LogP contribution in [0.2, 0.25) is 0 Å². The van der Waals surface area contributed by atoms with Gasteiger partial charge in [-0.1, -0.05) is 12.1 Å². The molecule has 9 heteroatoms. The van der Waals surface area contributed by atoms with Crippen LogP contribution in [0, 0.1) is 0 Å². The largest absolute Gasteiger partial charge is 0.481 e. The summed E-state index contributed by atoms with van der Waals surface area (Å²) in [6.07, 6.45) is 2.70. The predicted molar refractivity (Wildman–Crippen MR) is 97.9 cm³/mol. The molecule has 0 aliphatic carbocycles. The molecule has 0 spiro atoms. The van der Waals surface area contributed by atoms with E-state index in [4.69, 9.17) is 9.52 Å². The Labute approximate surface area is 155 Å². The van der Waals surface area contributed by atoms with Crippen LogP contribution in [-0.4, -0.2) is 37.9 Å². The monoisotopic (exact) mass is 397 g/mol. The molecule has 0 aliphatic heterocycles. The number of hydrogen-bond acceptors (Lipinski definition) is 6. The van der Waals surface area contributed by atoms with Crippen LogP contribution < -0.4 is 5.32 Å². The molecule has 2 N–H and O–H groups in total. The number of sulfone groups is 1. The zero-order chi connectivity index (χ0) is 19.3. The van der Waals surface area contributed by atoms with E-state index in [1.165, 1.54) is 12.1 Å². The summed E-state index contributed by atoms with van der Waals surface area (Å²) in [5.41, 5.74) is 0.654. The van der Waals surface area contributed by atoms with E-state index in [2.05, 4.69) is 5.32 Å². The minimum Gasteiger partial charge on any atom is -0.481 e. The first-order chi connectivity index (χ1) is 12.2. The number of carboxylic acids is 1. The number of carbonyl (C=O) groups is 2. The van der Waals surface area contributed by atoms with E-state index in [1.54, 1.807) is 23.9 Å². The second-order valence-corrected chi connectivity index (χ2v) is 8.75. The standard InChI is InChI=1S/C17H19NO6S2/c1-25-13-6-3-11(4-7-13)14(9-16(19)20)18-17(21)15-8-5-12(24-15)10-26(2,22)23/h3-8,14H,9-10H2,1-2H3,(H,18,21)(H,19,20). The molecule has 0 saturated carbocycles. The molecule has 0 saturated heterocycles.